The number of carbonyl (C=O) groups is 2. The maximum Gasteiger partial charge on any atom is 0.305 e. The van der Waals surface area contributed by atoms with Gasteiger partial charge in [-0.25, -0.2) is 13.8 Å². The van der Waals surface area contributed by atoms with Crippen LogP contribution in [0.25, 0.3) is 11.4 Å². The Kier molecular flexibility index (Phi) is 8.08. The summed E-state index contributed by atoms with van der Waals surface area (Å²) in [4.78, 5) is 28.0. The number of halogens is 2. The fourth-order valence-corrected chi connectivity index (χ4v) is 3.56. The SMILES string of the molecule is Cc1c(C(=O)Nc2ccc(F)cc2)nc(-c2ccc(F)cc2)n1CC[C@@H](O)C[C@@H](O)CC(=O)O. The number of aliphatic carboxylic acids is 1. The summed E-state index contributed by atoms with van der Waals surface area (Å²) in [5.74, 6) is -2.19. The summed E-state index contributed by atoms with van der Waals surface area (Å²) < 4.78 is 28.3. The lowest BCUT2D eigenvalue weighted by Crippen LogP contribution is -2.22. The van der Waals surface area contributed by atoms with Gasteiger partial charge in [0.1, 0.15) is 23.2 Å². The zero-order chi connectivity index (χ0) is 24.8. The number of nitrogens with zero attached hydrogens (tertiary/aromatic N) is 2. The van der Waals surface area contributed by atoms with Crippen LogP contribution in [0.15, 0.2) is 48.5 Å². The first-order valence-electron chi connectivity index (χ1n) is 10.6. The molecule has 3 rings (SSSR count). The molecule has 0 aliphatic heterocycles. The second-order valence-electron chi connectivity index (χ2n) is 7.92. The van der Waals surface area contributed by atoms with Crippen LogP contribution in [0.5, 0.6) is 0 Å². The fourth-order valence-electron chi connectivity index (χ4n) is 3.56. The van der Waals surface area contributed by atoms with Crippen LogP contribution >= 0.6 is 0 Å². The summed E-state index contributed by atoms with van der Waals surface area (Å²) in [6, 6.07) is 10.8. The van der Waals surface area contributed by atoms with Crippen molar-refractivity contribution in [2.75, 3.05) is 5.32 Å². The van der Waals surface area contributed by atoms with Gasteiger partial charge < -0.3 is 25.2 Å². The van der Waals surface area contributed by atoms with Crippen molar-refractivity contribution in [2.24, 2.45) is 0 Å². The lowest BCUT2D eigenvalue weighted by Gasteiger charge is -2.16. The van der Waals surface area contributed by atoms with Gasteiger partial charge >= 0.3 is 5.97 Å². The molecule has 0 aliphatic carbocycles. The molecule has 0 spiro atoms. The quantitative estimate of drug-likeness (QED) is 0.358. The second-order valence-corrected chi connectivity index (χ2v) is 7.92. The molecule has 2 aromatic carbocycles. The number of aliphatic hydroxyl groups excluding tert-OH is 2. The number of benzene rings is 2. The average molecular weight is 473 g/mol. The van der Waals surface area contributed by atoms with Crippen molar-refractivity contribution in [1.82, 2.24) is 9.55 Å². The maximum atomic E-state index is 13.4. The number of carboxylic acids is 1. The lowest BCUT2D eigenvalue weighted by molar-refractivity contribution is -0.139. The molecular weight excluding hydrogens is 448 g/mol. The highest BCUT2D eigenvalue weighted by Crippen LogP contribution is 2.25. The third-order valence-electron chi connectivity index (χ3n) is 5.28. The minimum absolute atomic E-state index is 0.101. The molecule has 34 heavy (non-hydrogen) atoms. The summed E-state index contributed by atoms with van der Waals surface area (Å²) in [6.07, 6.45) is -2.63. The molecule has 0 unspecified atom stereocenters. The van der Waals surface area contributed by atoms with Crippen LogP contribution in [0, 0.1) is 18.6 Å². The number of hydrogen-bond acceptors (Lipinski definition) is 5. The number of nitrogens with one attached hydrogen (secondary N) is 1. The Labute approximate surface area is 194 Å². The Hall–Kier alpha value is -3.63. The smallest absolute Gasteiger partial charge is 0.305 e. The Bertz CT molecular complexity index is 1150. The van der Waals surface area contributed by atoms with E-state index in [9.17, 15) is 28.6 Å². The van der Waals surface area contributed by atoms with Gasteiger partial charge in [-0.3, -0.25) is 9.59 Å². The van der Waals surface area contributed by atoms with E-state index in [2.05, 4.69) is 10.3 Å². The van der Waals surface area contributed by atoms with E-state index in [1.54, 1.807) is 11.5 Å². The fraction of sp³-hybridized carbons (Fsp3) is 0.292. The topological polar surface area (TPSA) is 125 Å². The van der Waals surface area contributed by atoms with Crippen molar-refractivity contribution >= 4 is 17.6 Å². The van der Waals surface area contributed by atoms with Gasteiger partial charge in [-0.05, 0) is 68.3 Å². The molecule has 1 amide bonds. The van der Waals surface area contributed by atoms with E-state index in [-0.39, 0.29) is 25.1 Å². The predicted molar refractivity (Wildman–Crippen MR) is 120 cm³/mol. The average Bonchev–Trinajstić information content (AvgIpc) is 3.10. The minimum atomic E-state index is -1.19. The molecule has 4 N–H and O–H groups in total. The molecule has 0 radical (unpaired) electrons. The summed E-state index contributed by atoms with van der Waals surface area (Å²) in [6.45, 7) is 1.88. The number of rotatable bonds is 10. The minimum Gasteiger partial charge on any atom is -0.481 e. The molecule has 0 saturated carbocycles. The maximum absolute atomic E-state index is 13.4. The van der Waals surface area contributed by atoms with E-state index in [1.165, 1.54) is 48.5 Å². The molecule has 1 heterocycles. The molecule has 8 nitrogen and oxygen atoms in total. The van der Waals surface area contributed by atoms with E-state index >= 15 is 0 Å². The number of imidazole rings is 1. The van der Waals surface area contributed by atoms with Crippen LogP contribution in [-0.4, -0.2) is 49.0 Å². The Morgan fingerprint density at radius 3 is 2.18 bits per heavy atom. The highest BCUT2D eigenvalue weighted by atomic mass is 19.1. The first-order valence-corrected chi connectivity index (χ1v) is 10.6. The van der Waals surface area contributed by atoms with E-state index in [0.29, 0.717) is 22.8 Å². The zero-order valence-electron chi connectivity index (χ0n) is 18.4. The summed E-state index contributed by atoms with van der Waals surface area (Å²) in [5, 5.41) is 31.4. The van der Waals surface area contributed by atoms with Gasteiger partial charge in [0, 0.05) is 23.5 Å². The monoisotopic (exact) mass is 473 g/mol. The Morgan fingerprint density at radius 2 is 1.59 bits per heavy atom. The molecule has 180 valence electrons. The van der Waals surface area contributed by atoms with Gasteiger partial charge in [0.15, 0.2) is 0 Å². The van der Waals surface area contributed by atoms with Crippen molar-refractivity contribution in [3.63, 3.8) is 0 Å². The van der Waals surface area contributed by atoms with Gasteiger partial charge in [-0.15, -0.1) is 0 Å². The summed E-state index contributed by atoms with van der Waals surface area (Å²) in [5.41, 5.74) is 1.51. The van der Waals surface area contributed by atoms with Gasteiger partial charge in [-0.2, -0.15) is 0 Å². The van der Waals surface area contributed by atoms with Gasteiger partial charge in [0.05, 0.1) is 18.6 Å². The van der Waals surface area contributed by atoms with E-state index in [4.69, 9.17) is 5.11 Å². The highest BCUT2D eigenvalue weighted by Gasteiger charge is 2.22. The number of aromatic nitrogens is 2. The molecule has 3 aromatic rings. The highest BCUT2D eigenvalue weighted by molar-refractivity contribution is 6.04. The third kappa shape index (κ3) is 6.46. The van der Waals surface area contributed by atoms with Gasteiger partial charge in [-0.1, -0.05) is 0 Å². The number of amides is 1. The van der Waals surface area contributed by atoms with Crippen molar-refractivity contribution in [3.05, 3.63) is 71.6 Å². The first kappa shape index (κ1) is 25.0. The number of anilines is 1. The zero-order valence-corrected chi connectivity index (χ0v) is 18.4. The van der Waals surface area contributed by atoms with Crippen LogP contribution in [0.4, 0.5) is 14.5 Å². The van der Waals surface area contributed by atoms with E-state index < -0.39 is 42.1 Å². The Morgan fingerprint density at radius 1 is 1.00 bits per heavy atom. The number of hydrogen-bond donors (Lipinski definition) is 4. The normalized spacial score (nSPS) is 12.9. The molecule has 0 bridgehead atoms. The lowest BCUT2D eigenvalue weighted by atomic mass is 10.1. The molecule has 10 heteroatoms. The van der Waals surface area contributed by atoms with Crippen LogP contribution in [0.2, 0.25) is 0 Å². The van der Waals surface area contributed by atoms with Crippen LogP contribution in [0.1, 0.15) is 35.4 Å². The number of carbonyl (C=O) groups excluding carboxylic acids is 1. The second kappa shape index (κ2) is 11.0. The standard InChI is InChI=1S/C24H25F2N3O5/c1-14-22(24(34)27-18-8-6-17(26)7-9-18)28-23(15-2-4-16(25)5-3-15)29(14)11-10-19(30)12-20(31)13-21(32)33/h2-9,19-20,30-31H,10-13H2,1H3,(H,27,34)(H,32,33)/t19-,20-/m1/s1. The Balaban J connectivity index is 1.85. The van der Waals surface area contributed by atoms with Crippen molar-refractivity contribution in [2.45, 2.75) is 44.9 Å². The van der Waals surface area contributed by atoms with Crippen LogP contribution in [0.3, 0.4) is 0 Å². The van der Waals surface area contributed by atoms with E-state index in [1.807, 2.05) is 0 Å². The molecule has 0 aliphatic rings. The first-order chi connectivity index (χ1) is 16.1. The summed E-state index contributed by atoms with van der Waals surface area (Å²) >= 11 is 0. The molecular formula is C24H25F2N3O5. The predicted octanol–water partition coefficient (Wildman–Crippen LogP) is 3.37. The number of carboxylic acid groups (broad SMARTS) is 1. The van der Waals surface area contributed by atoms with Crippen molar-refractivity contribution in [3.8, 4) is 11.4 Å². The third-order valence-corrected chi connectivity index (χ3v) is 5.28. The molecule has 0 saturated heterocycles. The van der Waals surface area contributed by atoms with Gasteiger partial charge in [0.25, 0.3) is 5.91 Å². The van der Waals surface area contributed by atoms with Crippen LogP contribution in [-0.2, 0) is 11.3 Å². The van der Waals surface area contributed by atoms with Crippen molar-refractivity contribution in [1.29, 1.82) is 0 Å². The molecule has 2 atom stereocenters. The number of aliphatic hydroxyl groups is 2. The molecule has 0 fully saturated rings. The van der Waals surface area contributed by atoms with Crippen LogP contribution < -0.4 is 5.32 Å². The largest absolute Gasteiger partial charge is 0.481 e. The van der Waals surface area contributed by atoms with Crippen molar-refractivity contribution < 1.29 is 33.7 Å². The van der Waals surface area contributed by atoms with Gasteiger partial charge in [0.2, 0.25) is 0 Å². The van der Waals surface area contributed by atoms with E-state index in [0.717, 1.165) is 0 Å². The summed E-state index contributed by atoms with van der Waals surface area (Å²) in [7, 11) is 0. The molecule has 1 aromatic heterocycles.